The second-order valence-corrected chi connectivity index (χ2v) is 6.24. The number of nitrogens with zero attached hydrogens (tertiary/aromatic N) is 2. The smallest absolute Gasteiger partial charge is 0.263 e. The number of carbonyl (C=O) groups is 1. The van der Waals surface area contributed by atoms with Crippen LogP contribution in [0.5, 0.6) is 0 Å². The molecule has 0 aromatic carbocycles. The number of aromatic nitrogens is 1. The molecule has 2 rings (SSSR count). The number of carbonyl (C=O) groups excluding carboxylic acids is 1. The van der Waals surface area contributed by atoms with Crippen LogP contribution >= 0.6 is 11.3 Å². The summed E-state index contributed by atoms with van der Waals surface area (Å²) in [5.74, 6) is -0.118. The van der Waals surface area contributed by atoms with Crippen molar-refractivity contribution in [1.82, 2.24) is 15.2 Å². The van der Waals surface area contributed by atoms with Crippen LogP contribution in [0.25, 0.3) is 10.2 Å². The average Bonchev–Trinajstić information content (AvgIpc) is 2.84. The molecule has 0 bridgehead atoms. The lowest BCUT2D eigenvalue weighted by molar-refractivity contribution is 0.0952. The topological polar surface area (TPSA) is 71.2 Å². The molecule has 2 aromatic heterocycles. The molecule has 0 aliphatic carbocycles. The zero-order chi connectivity index (χ0) is 15.4. The van der Waals surface area contributed by atoms with E-state index in [2.05, 4.69) is 36.1 Å². The molecular formula is C15H22N4OS. The Morgan fingerprint density at radius 1 is 1.57 bits per heavy atom. The second-order valence-electron chi connectivity index (χ2n) is 5.19. The van der Waals surface area contributed by atoms with Crippen LogP contribution < -0.4 is 11.1 Å². The minimum Gasteiger partial charge on any atom is -0.396 e. The van der Waals surface area contributed by atoms with Gasteiger partial charge >= 0.3 is 0 Å². The van der Waals surface area contributed by atoms with E-state index >= 15 is 0 Å². The molecule has 6 heteroatoms. The van der Waals surface area contributed by atoms with Crippen molar-refractivity contribution in [3.63, 3.8) is 0 Å². The number of likely N-dealkylation sites (N-methyl/N-ethyl adjacent to an activating group) is 1. The average molecular weight is 306 g/mol. The van der Waals surface area contributed by atoms with E-state index in [4.69, 9.17) is 5.73 Å². The lowest BCUT2D eigenvalue weighted by Crippen LogP contribution is -2.37. The number of thiophene rings is 1. The highest BCUT2D eigenvalue weighted by Crippen LogP contribution is 2.31. The van der Waals surface area contributed by atoms with Crippen LogP contribution in [-0.2, 0) is 0 Å². The number of rotatable bonds is 6. The van der Waals surface area contributed by atoms with Crippen LogP contribution in [-0.4, -0.2) is 42.0 Å². The van der Waals surface area contributed by atoms with Crippen LogP contribution in [0, 0.1) is 0 Å². The fourth-order valence-electron chi connectivity index (χ4n) is 2.07. The lowest BCUT2D eigenvalue weighted by Gasteiger charge is -2.23. The van der Waals surface area contributed by atoms with Gasteiger partial charge in [-0.2, -0.15) is 0 Å². The minimum absolute atomic E-state index is 0.118. The van der Waals surface area contributed by atoms with Gasteiger partial charge in [0.15, 0.2) is 0 Å². The normalized spacial score (nSPS) is 12.8. The van der Waals surface area contributed by atoms with Gasteiger partial charge < -0.3 is 16.0 Å². The van der Waals surface area contributed by atoms with Gasteiger partial charge in [-0.3, -0.25) is 9.78 Å². The predicted octanol–water partition coefficient (Wildman–Crippen LogP) is 2.34. The summed E-state index contributed by atoms with van der Waals surface area (Å²) in [6.07, 6.45) is 2.79. The third-order valence-electron chi connectivity index (χ3n) is 3.78. The van der Waals surface area contributed by atoms with E-state index in [1.54, 1.807) is 6.20 Å². The van der Waals surface area contributed by atoms with Crippen LogP contribution in [0.1, 0.15) is 29.9 Å². The number of nitrogens with two attached hydrogens (primary N) is 1. The van der Waals surface area contributed by atoms with Crippen molar-refractivity contribution in [1.29, 1.82) is 0 Å². The van der Waals surface area contributed by atoms with Crippen molar-refractivity contribution in [2.45, 2.75) is 26.3 Å². The van der Waals surface area contributed by atoms with E-state index in [0.29, 0.717) is 28.7 Å². The molecule has 1 unspecified atom stereocenters. The van der Waals surface area contributed by atoms with Gasteiger partial charge in [0.2, 0.25) is 0 Å². The summed E-state index contributed by atoms with van der Waals surface area (Å²) in [4.78, 5) is 19.2. The van der Waals surface area contributed by atoms with Gasteiger partial charge in [-0.05, 0) is 32.5 Å². The van der Waals surface area contributed by atoms with Gasteiger partial charge in [0.25, 0.3) is 5.91 Å². The molecule has 3 N–H and O–H groups in total. The Morgan fingerprint density at radius 2 is 2.33 bits per heavy atom. The van der Waals surface area contributed by atoms with Crippen LogP contribution in [0.2, 0.25) is 0 Å². The quantitative estimate of drug-likeness (QED) is 0.859. The lowest BCUT2D eigenvalue weighted by atomic mass is 10.2. The molecule has 5 nitrogen and oxygen atoms in total. The maximum Gasteiger partial charge on any atom is 0.263 e. The number of nitrogens with one attached hydrogen (secondary N) is 1. The van der Waals surface area contributed by atoms with Gasteiger partial charge in [0.05, 0.1) is 10.4 Å². The fraction of sp³-hybridized carbons (Fsp3) is 0.467. The molecule has 0 saturated carbocycles. The van der Waals surface area contributed by atoms with Crippen molar-refractivity contribution in [3.05, 3.63) is 23.2 Å². The Bertz CT molecular complexity index is 625. The Labute approximate surface area is 129 Å². The molecule has 1 amide bonds. The van der Waals surface area contributed by atoms with E-state index in [-0.39, 0.29) is 5.91 Å². The number of hydrogen-bond donors (Lipinski definition) is 2. The maximum absolute atomic E-state index is 12.2. The first-order valence-corrected chi connectivity index (χ1v) is 7.97. The summed E-state index contributed by atoms with van der Waals surface area (Å²) in [5, 5.41) is 2.93. The Hall–Kier alpha value is -1.66. The molecule has 21 heavy (non-hydrogen) atoms. The van der Waals surface area contributed by atoms with Gasteiger partial charge in [0, 0.05) is 25.3 Å². The Kier molecular flexibility index (Phi) is 5.14. The first kappa shape index (κ1) is 15.7. The summed E-state index contributed by atoms with van der Waals surface area (Å²) >= 11 is 1.39. The zero-order valence-electron chi connectivity index (χ0n) is 12.7. The van der Waals surface area contributed by atoms with Gasteiger partial charge in [-0.1, -0.05) is 6.92 Å². The number of fused-ring (bicyclic) bond motifs is 1. The zero-order valence-corrected chi connectivity index (χ0v) is 13.5. The SMILES string of the molecule is CCC(C)N(C)CCNC(=O)c1sc2cccnc2c1N. The number of nitrogen functional groups attached to an aromatic ring is 1. The first-order valence-electron chi connectivity index (χ1n) is 7.16. The first-order chi connectivity index (χ1) is 10.0. The molecule has 1 atom stereocenters. The standard InChI is InChI=1S/C15H22N4OS/c1-4-10(2)19(3)9-8-18-15(20)14-12(16)13-11(21-14)6-5-7-17-13/h5-7,10H,4,8-9,16H2,1-3H3,(H,18,20). The monoisotopic (exact) mass is 306 g/mol. The highest BCUT2D eigenvalue weighted by atomic mass is 32.1. The summed E-state index contributed by atoms with van der Waals surface area (Å²) in [6, 6.07) is 4.29. The second kappa shape index (κ2) is 6.87. The molecule has 0 aliphatic heterocycles. The third kappa shape index (κ3) is 3.51. The van der Waals surface area contributed by atoms with Crippen molar-refractivity contribution in [3.8, 4) is 0 Å². The van der Waals surface area contributed by atoms with E-state index in [1.807, 2.05) is 12.1 Å². The highest BCUT2D eigenvalue weighted by molar-refractivity contribution is 7.21. The molecule has 114 valence electrons. The molecular weight excluding hydrogens is 284 g/mol. The number of hydrogen-bond acceptors (Lipinski definition) is 5. The molecule has 0 aliphatic rings. The summed E-state index contributed by atoms with van der Waals surface area (Å²) in [7, 11) is 2.07. The molecule has 0 radical (unpaired) electrons. The van der Waals surface area contributed by atoms with E-state index in [1.165, 1.54) is 11.3 Å². The van der Waals surface area contributed by atoms with Crippen LogP contribution in [0.4, 0.5) is 5.69 Å². The van der Waals surface area contributed by atoms with Gasteiger partial charge in [-0.15, -0.1) is 11.3 Å². The van der Waals surface area contributed by atoms with Crippen molar-refractivity contribution < 1.29 is 4.79 Å². The molecule has 0 spiro atoms. The predicted molar refractivity (Wildman–Crippen MR) is 88.7 cm³/mol. The molecule has 2 aromatic rings. The van der Waals surface area contributed by atoms with Crippen molar-refractivity contribution in [2.75, 3.05) is 25.9 Å². The van der Waals surface area contributed by atoms with Gasteiger partial charge in [-0.25, -0.2) is 0 Å². The number of pyridine rings is 1. The third-order valence-corrected chi connectivity index (χ3v) is 4.94. The van der Waals surface area contributed by atoms with E-state index in [9.17, 15) is 4.79 Å². The maximum atomic E-state index is 12.2. The van der Waals surface area contributed by atoms with Crippen molar-refractivity contribution in [2.24, 2.45) is 0 Å². The van der Waals surface area contributed by atoms with Crippen LogP contribution in [0.3, 0.4) is 0 Å². The summed E-state index contributed by atoms with van der Waals surface area (Å²) in [6.45, 7) is 5.77. The minimum atomic E-state index is -0.118. The number of amides is 1. The van der Waals surface area contributed by atoms with Crippen LogP contribution in [0.15, 0.2) is 18.3 Å². The van der Waals surface area contributed by atoms with Gasteiger partial charge in [0.1, 0.15) is 10.4 Å². The Morgan fingerprint density at radius 3 is 3.00 bits per heavy atom. The highest BCUT2D eigenvalue weighted by Gasteiger charge is 2.17. The molecule has 0 saturated heterocycles. The molecule has 0 fully saturated rings. The van der Waals surface area contributed by atoms with Crippen molar-refractivity contribution >= 4 is 33.1 Å². The Balaban J connectivity index is 1.98. The van der Waals surface area contributed by atoms with E-state index < -0.39 is 0 Å². The number of anilines is 1. The van der Waals surface area contributed by atoms with E-state index in [0.717, 1.165) is 17.7 Å². The fourth-order valence-corrected chi connectivity index (χ4v) is 3.07. The summed E-state index contributed by atoms with van der Waals surface area (Å²) < 4.78 is 0.942. The molecule has 2 heterocycles. The summed E-state index contributed by atoms with van der Waals surface area (Å²) in [5.41, 5.74) is 7.21. The largest absolute Gasteiger partial charge is 0.396 e.